The van der Waals surface area contributed by atoms with Gasteiger partial charge in [-0.2, -0.15) is 0 Å². The maximum Gasteiger partial charge on any atom is 0.239 e. The van der Waals surface area contributed by atoms with Gasteiger partial charge in [0.2, 0.25) is 11.8 Å². The summed E-state index contributed by atoms with van der Waals surface area (Å²) < 4.78 is 5.49. The van der Waals surface area contributed by atoms with Crippen molar-refractivity contribution >= 4 is 46.4 Å². The molecule has 0 saturated heterocycles. The maximum absolute atomic E-state index is 12.7. The van der Waals surface area contributed by atoms with Crippen LogP contribution < -0.4 is 15.4 Å². The van der Waals surface area contributed by atoms with Gasteiger partial charge in [-0.15, -0.1) is 0 Å². The minimum atomic E-state index is -1.34. The minimum Gasteiger partial charge on any atom is -0.492 e. The predicted octanol–water partition coefficient (Wildman–Crippen LogP) is 5.00. The maximum atomic E-state index is 12.7. The zero-order valence-electron chi connectivity index (χ0n) is 14.7. The third-order valence-electron chi connectivity index (χ3n) is 3.75. The van der Waals surface area contributed by atoms with Crippen molar-refractivity contribution < 1.29 is 14.3 Å². The third kappa shape index (κ3) is 4.68. The van der Waals surface area contributed by atoms with Crippen LogP contribution in [0.4, 0.5) is 11.4 Å². The number of hydrogen-bond acceptors (Lipinski definition) is 3. The number of nitrogens with one attached hydrogen (secondary N) is 2. The first-order valence-electron chi connectivity index (χ1n) is 8.05. The summed E-state index contributed by atoms with van der Waals surface area (Å²) in [5.74, 6) is -0.416. The van der Waals surface area contributed by atoms with Gasteiger partial charge in [-0.25, -0.2) is 0 Å². The molecule has 5 nitrogen and oxygen atoms in total. The molecule has 0 aliphatic rings. The molecule has 7 heteroatoms. The van der Waals surface area contributed by atoms with Gasteiger partial charge in [0, 0.05) is 5.02 Å². The lowest BCUT2D eigenvalue weighted by molar-refractivity contribution is -0.135. The Balaban J connectivity index is 2.15. The van der Waals surface area contributed by atoms with Gasteiger partial charge in [0.05, 0.1) is 23.0 Å². The van der Waals surface area contributed by atoms with Crippen molar-refractivity contribution in [2.24, 2.45) is 5.41 Å². The van der Waals surface area contributed by atoms with Gasteiger partial charge in [0.1, 0.15) is 11.2 Å². The van der Waals surface area contributed by atoms with Crippen molar-refractivity contribution in [3.8, 4) is 5.75 Å². The SMILES string of the molecule is CCOc1ccccc1NC(=O)C(C)(C)C(=O)Nc1ccc(Cl)cc1Cl. The molecular formula is C19H20Cl2N2O3. The van der Waals surface area contributed by atoms with Crippen LogP contribution in [0.25, 0.3) is 0 Å². The highest BCUT2D eigenvalue weighted by atomic mass is 35.5. The largest absolute Gasteiger partial charge is 0.492 e. The molecular weight excluding hydrogens is 375 g/mol. The van der Waals surface area contributed by atoms with E-state index in [2.05, 4.69) is 10.6 Å². The molecule has 0 heterocycles. The first kappa shape index (κ1) is 20.1. The zero-order valence-corrected chi connectivity index (χ0v) is 16.2. The lowest BCUT2D eigenvalue weighted by atomic mass is 9.90. The van der Waals surface area contributed by atoms with Gasteiger partial charge in [0.25, 0.3) is 0 Å². The first-order valence-corrected chi connectivity index (χ1v) is 8.81. The van der Waals surface area contributed by atoms with Gasteiger partial charge in [-0.05, 0) is 51.1 Å². The molecule has 2 aromatic carbocycles. The lowest BCUT2D eigenvalue weighted by Gasteiger charge is -2.23. The smallest absolute Gasteiger partial charge is 0.239 e. The van der Waals surface area contributed by atoms with Crippen molar-refractivity contribution in [2.75, 3.05) is 17.2 Å². The van der Waals surface area contributed by atoms with E-state index in [4.69, 9.17) is 27.9 Å². The van der Waals surface area contributed by atoms with Crippen LogP contribution in [0.1, 0.15) is 20.8 Å². The van der Waals surface area contributed by atoms with E-state index in [1.165, 1.54) is 19.9 Å². The molecule has 138 valence electrons. The van der Waals surface area contributed by atoms with Crippen molar-refractivity contribution in [3.05, 3.63) is 52.5 Å². The summed E-state index contributed by atoms with van der Waals surface area (Å²) in [7, 11) is 0. The molecule has 0 aliphatic carbocycles. The fourth-order valence-electron chi connectivity index (χ4n) is 2.10. The Hall–Kier alpha value is -2.24. The van der Waals surface area contributed by atoms with Crippen LogP contribution in [-0.4, -0.2) is 18.4 Å². The van der Waals surface area contributed by atoms with E-state index in [0.29, 0.717) is 33.8 Å². The van der Waals surface area contributed by atoms with Gasteiger partial charge < -0.3 is 15.4 Å². The van der Waals surface area contributed by atoms with Crippen LogP contribution in [0.15, 0.2) is 42.5 Å². The third-order valence-corrected chi connectivity index (χ3v) is 4.30. The summed E-state index contributed by atoms with van der Waals surface area (Å²) >= 11 is 11.9. The number of carbonyl (C=O) groups is 2. The van der Waals surface area contributed by atoms with Crippen molar-refractivity contribution in [1.29, 1.82) is 0 Å². The molecule has 2 rings (SSSR count). The van der Waals surface area contributed by atoms with Crippen molar-refractivity contribution in [1.82, 2.24) is 0 Å². The highest BCUT2D eigenvalue weighted by Crippen LogP contribution is 2.29. The standard InChI is InChI=1S/C19H20Cl2N2O3/c1-4-26-16-8-6-5-7-15(16)23-18(25)19(2,3)17(24)22-14-10-9-12(20)11-13(14)21/h5-11H,4H2,1-3H3,(H,22,24)(H,23,25). The summed E-state index contributed by atoms with van der Waals surface area (Å²) in [4.78, 5) is 25.3. The van der Waals surface area contributed by atoms with Gasteiger partial charge >= 0.3 is 0 Å². The Bertz CT molecular complexity index is 822. The van der Waals surface area contributed by atoms with E-state index >= 15 is 0 Å². The van der Waals surface area contributed by atoms with Crippen LogP contribution in [0.3, 0.4) is 0 Å². The fourth-order valence-corrected chi connectivity index (χ4v) is 2.56. The number of amides is 2. The number of halogens is 2. The zero-order chi connectivity index (χ0) is 19.3. The Kier molecular flexibility index (Phi) is 6.51. The van der Waals surface area contributed by atoms with Gasteiger partial charge in [-0.3, -0.25) is 9.59 Å². The summed E-state index contributed by atoms with van der Waals surface area (Å²) in [5, 5.41) is 6.16. The highest BCUT2D eigenvalue weighted by molar-refractivity contribution is 6.36. The van der Waals surface area contributed by atoms with E-state index in [0.717, 1.165) is 0 Å². The number of benzene rings is 2. The molecule has 0 fully saturated rings. The number of hydrogen-bond donors (Lipinski definition) is 2. The number of para-hydroxylation sites is 2. The quantitative estimate of drug-likeness (QED) is 0.677. The molecule has 2 amide bonds. The number of ether oxygens (including phenoxy) is 1. The first-order chi connectivity index (χ1) is 12.3. The molecule has 26 heavy (non-hydrogen) atoms. The van der Waals surface area contributed by atoms with Crippen LogP contribution in [0.2, 0.25) is 10.0 Å². The van der Waals surface area contributed by atoms with Crippen LogP contribution in [-0.2, 0) is 9.59 Å². The number of carbonyl (C=O) groups excluding carboxylic acids is 2. The monoisotopic (exact) mass is 394 g/mol. The van der Waals surface area contributed by atoms with Crippen molar-refractivity contribution in [3.63, 3.8) is 0 Å². The Morgan fingerprint density at radius 3 is 2.23 bits per heavy atom. The summed E-state index contributed by atoms with van der Waals surface area (Å²) in [5.41, 5.74) is -0.455. The molecule has 2 aromatic rings. The average Bonchev–Trinajstić information content (AvgIpc) is 2.59. The molecule has 0 aromatic heterocycles. The van der Waals surface area contributed by atoms with Gasteiger partial charge in [0.15, 0.2) is 0 Å². The summed E-state index contributed by atoms with van der Waals surface area (Å²) in [6.07, 6.45) is 0. The molecule has 0 unspecified atom stereocenters. The Morgan fingerprint density at radius 1 is 1.00 bits per heavy atom. The average molecular weight is 395 g/mol. The molecule has 0 bridgehead atoms. The lowest BCUT2D eigenvalue weighted by Crippen LogP contribution is -2.41. The van der Waals surface area contributed by atoms with E-state index < -0.39 is 17.2 Å². The molecule has 0 radical (unpaired) electrons. The summed E-state index contributed by atoms with van der Waals surface area (Å²) in [6, 6.07) is 11.8. The molecule has 0 atom stereocenters. The van der Waals surface area contributed by atoms with Crippen molar-refractivity contribution in [2.45, 2.75) is 20.8 Å². The second-order valence-corrected chi connectivity index (χ2v) is 6.93. The van der Waals surface area contributed by atoms with E-state index in [1.54, 1.807) is 36.4 Å². The fraction of sp³-hybridized carbons (Fsp3) is 0.263. The molecule has 2 N–H and O–H groups in total. The topological polar surface area (TPSA) is 67.4 Å². The van der Waals surface area contributed by atoms with Crippen LogP contribution in [0.5, 0.6) is 5.75 Å². The normalized spacial score (nSPS) is 11.0. The molecule has 0 aliphatic heterocycles. The van der Waals surface area contributed by atoms with E-state index in [1.807, 2.05) is 6.92 Å². The van der Waals surface area contributed by atoms with E-state index in [9.17, 15) is 9.59 Å². The summed E-state index contributed by atoms with van der Waals surface area (Å²) in [6.45, 7) is 5.38. The van der Waals surface area contributed by atoms with E-state index in [-0.39, 0.29) is 0 Å². The number of rotatable bonds is 6. The Morgan fingerprint density at radius 2 is 1.62 bits per heavy atom. The predicted molar refractivity (Wildman–Crippen MR) is 105 cm³/mol. The van der Waals surface area contributed by atoms with Gasteiger partial charge in [-0.1, -0.05) is 35.3 Å². The second-order valence-electron chi connectivity index (χ2n) is 6.09. The second kappa shape index (κ2) is 8.43. The minimum absolute atomic E-state index is 0.295. The number of anilines is 2. The molecule has 0 spiro atoms. The highest BCUT2D eigenvalue weighted by Gasteiger charge is 2.36. The van der Waals surface area contributed by atoms with Crippen LogP contribution in [0, 0.1) is 5.41 Å². The Labute approximate surface area is 162 Å². The molecule has 0 saturated carbocycles. The van der Waals surface area contributed by atoms with Crippen LogP contribution >= 0.6 is 23.2 Å².